The minimum atomic E-state index is -0.280. The summed E-state index contributed by atoms with van der Waals surface area (Å²) in [6.45, 7) is 1.96. The van der Waals surface area contributed by atoms with Gasteiger partial charge in [0.1, 0.15) is 5.75 Å². The molecule has 0 spiro atoms. The van der Waals surface area contributed by atoms with Gasteiger partial charge in [-0.2, -0.15) is 0 Å². The molecule has 0 aliphatic rings. The number of carbonyl (C=O) groups excluding carboxylic acids is 1. The highest BCUT2D eigenvalue weighted by molar-refractivity contribution is 5.82. The predicted molar refractivity (Wildman–Crippen MR) is 80.7 cm³/mol. The van der Waals surface area contributed by atoms with Crippen LogP contribution in [0, 0.1) is 0 Å². The topological polar surface area (TPSA) is 52.3 Å². The number of primary amides is 1. The van der Waals surface area contributed by atoms with E-state index in [4.69, 9.17) is 10.5 Å². The number of rotatable bonds is 5. The number of para-hydroxylation sites is 1. The summed E-state index contributed by atoms with van der Waals surface area (Å²) in [5.74, 6) is 0.335. The first kappa shape index (κ1) is 14.1. The lowest BCUT2D eigenvalue weighted by Crippen LogP contribution is -2.20. The number of nitrogens with two attached hydrogens (primary N) is 1. The van der Waals surface area contributed by atoms with E-state index in [0.29, 0.717) is 6.42 Å². The number of hydrogen-bond acceptors (Lipinski definition) is 2. The average molecular weight is 269 g/mol. The van der Waals surface area contributed by atoms with Crippen LogP contribution in [0.2, 0.25) is 0 Å². The van der Waals surface area contributed by atoms with E-state index in [0.717, 1.165) is 22.4 Å². The molecule has 0 heterocycles. The molecule has 1 atom stereocenters. The first-order valence-electron chi connectivity index (χ1n) is 6.70. The van der Waals surface area contributed by atoms with Gasteiger partial charge in [0, 0.05) is 5.56 Å². The molecule has 0 aliphatic carbocycles. The lowest BCUT2D eigenvalue weighted by molar-refractivity contribution is -0.119. The van der Waals surface area contributed by atoms with E-state index < -0.39 is 0 Å². The lowest BCUT2D eigenvalue weighted by atomic mass is 9.93. The molecule has 2 rings (SSSR count). The molecule has 0 fully saturated rings. The average Bonchev–Trinajstić information content (AvgIpc) is 2.48. The Morgan fingerprint density at radius 3 is 2.35 bits per heavy atom. The van der Waals surface area contributed by atoms with Gasteiger partial charge in [0.05, 0.1) is 13.0 Å². The SMILES string of the molecule is CCC(C(N)=O)c1ccc(-c2ccccc2OC)cc1. The van der Waals surface area contributed by atoms with Crippen molar-refractivity contribution in [2.45, 2.75) is 19.3 Å². The van der Waals surface area contributed by atoms with E-state index in [1.807, 2.05) is 55.5 Å². The van der Waals surface area contributed by atoms with Crippen LogP contribution in [0.25, 0.3) is 11.1 Å². The molecule has 3 heteroatoms. The van der Waals surface area contributed by atoms with Gasteiger partial charge in [-0.05, 0) is 23.6 Å². The Hall–Kier alpha value is -2.29. The van der Waals surface area contributed by atoms with Gasteiger partial charge >= 0.3 is 0 Å². The van der Waals surface area contributed by atoms with E-state index >= 15 is 0 Å². The van der Waals surface area contributed by atoms with Gasteiger partial charge in [0.25, 0.3) is 0 Å². The molecule has 0 radical (unpaired) electrons. The first-order chi connectivity index (χ1) is 9.67. The van der Waals surface area contributed by atoms with Crippen LogP contribution < -0.4 is 10.5 Å². The Kier molecular flexibility index (Phi) is 4.41. The Morgan fingerprint density at radius 2 is 1.80 bits per heavy atom. The quantitative estimate of drug-likeness (QED) is 0.905. The van der Waals surface area contributed by atoms with Crippen molar-refractivity contribution in [3.05, 3.63) is 54.1 Å². The van der Waals surface area contributed by atoms with Crippen molar-refractivity contribution in [3.63, 3.8) is 0 Å². The summed E-state index contributed by atoms with van der Waals surface area (Å²) in [5.41, 5.74) is 8.47. The molecule has 20 heavy (non-hydrogen) atoms. The molecule has 0 bridgehead atoms. The number of carbonyl (C=O) groups is 1. The summed E-state index contributed by atoms with van der Waals surface area (Å²) < 4.78 is 5.36. The Labute approximate surface area is 119 Å². The van der Waals surface area contributed by atoms with Crippen molar-refractivity contribution in [1.29, 1.82) is 0 Å². The van der Waals surface area contributed by atoms with Crippen LogP contribution in [0.4, 0.5) is 0 Å². The molecular weight excluding hydrogens is 250 g/mol. The Balaban J connectivity index is 2.35. The number of hydrogen-bond donors (Lipinski definition) is 1. The maximum atomic E-state index is 11.4. The summed E-state index contributed by atoms with van der Waals surface area (Å²) in [6, 6.07) is 15.8. The van der Waals surface area contributed by atoms with Crippen LogP contribution in [0.5, 0.6) is 5.75 Å². The minimum Gasteiger partial charge on any atom is -0.496 e. The molecule has 0 aromatic heterocycles. The molecule has 2 aromatic carbocycles. The third-order valence-electron chi connectivity index (χ3n) is 3.48. The van der Waals surface area contributed by atoms with Crippen molar-refractivity contribution >= 4 is 5.91 Å². The van der Waals surface area contributed by atoms with Gasteiger partial charge < -0.3 is 10.5 Å². The molecule has 0 saturated heterocycles. The molecule has 1 unspecified atom stereocenters. The van der Waals surface area contributed by atoms with Crippen LogP contribution in [0.15, 0.2) is 48.5 Å². The second-order valence-corrected chi connectivity index (χ2v) is 4.69. The van der Waals surface area contributed by atoms with Gasteiger partial charge in [-0.3, -0.25) is 4.79 Å². The molecule has 1 amide bonds. The van der Waals surface area contributed by atoms with Gasteiger partial charge in [-0.1, -0.05) is 49.4 Å². The zero-order chi connectivity index (χ0) is 14.5. The zero-order valence-corrected chi connectivity index (χ0v) is 11.8. The standard InChI is InChI=1S/C17H19NO2/c1-3-14(17(18)19)12-8-10-13(11-9-12)15-6-4-5-7-16(15)20-2/h4-11,14H,3H2,1-2H3,(H2,18,19). The Bertz CT molecular complexity index is 590. The number of benzene rings is 2. The van der Waals surface area contributed by atoms with Crippen molar-refractivity contribution in [3.8, 4) is 16.9 Å². The van der Waals surface area contributed by atoms with Crippen LogP contribution in [0.3, 0.4) is 0 Å². The van der Waals surface area contributed by atoms with Crippen molar-refractivity contribution in [1.82, 2.24) is 0 Å². The summed E-state index contributed by atoms with van der Waals surface area (Å²) in [4.78, 5) is 11.4. The lowest BCUT2D eigenvalue weighted by Gasteiger charge is -2.13. The van der Waals surface area contributed by atoms with E-state index in [1.165, 1.54) is 0 Å². The van der Waals surface area contributed by atoms with E-state index in [-0.39, 0.29) is 11.8 Å². The molecule has 3 nitrogen and oxygen atoms in total. The molecular formula is C17H19NO2. The smallest absolute Gasteiger partial charge is 0.224 e. The van der Waals surface area contributed by atoms with Gasteiger partial charge in [-0.25, -0.2) is 0 Å². The highest BCUT2D eigenvalue weighted by Crippen LogP contribution is 2.30. The fourth-order valence-corrected chi connectivity index (χ4v) is 2.38. The largest absolute Gasteiger partial charge is 0.496 e. The second-order valence-electron chi connectivity index (χ2n) is 4.69. The minimum absolute atomic E-state index is 0.221. The second kappa shape index (κ2) is 6.24. The third kappa shape index (κ3) is 2.82. The highest BCUT2D eigenvalue weighted by atomic mass is 16.5. The third-order valence-corrected chi connectivity index (χ3v) is 3.48. The van der Waals surface area contributed by atoms with E-state index in [1.54, 1.807) is 7.11 Å². The highest BCUT2D eigenvalue weighted by Gasteiger charge is 2.15. The van der Waals surface area contributed by atoms with Gasteiger partial charge in [-0.15, -0.1) is 0 Å². The number of methoxy groups -OCH3 is 1. The molecule has 0 saturated carbocycles. The summed E-state index contributed by atoms with van der Waals surface area (Å²) >= 11 is 0. The normalized spacial score (nSPS) is 11.9. The summed E-state index contributed by atoms with van der Waals surface area (Å²) in [5, 5.41) is 0. The maximum Gasteiger partial charge on any atom is 0.224 e. The van der Waals surface area contributed by atoms with Crippen LogP contribution in [0.1, 0.15) is 24.8 Å². The van der Waals surface area contributed by atoms with Gasteiger partial charge in [0.2, 0.25) is 5.91 Å². The molecule has 0 aliphatic heterocycles. The predicted octanol–water partition coefficient (Wildman–Crippen LogP) is 3.34. The Morgan fingerprint density at radius 1 is 1.15 bits per heavy atom. The first-order valence-corrected chi connectivity index (χ1v) is 6.70. The number of ether oxygens (including phenoxy) is 1. The van der Waals surface area contributed by atoms with Crippen molar-refractivity contribution in [2.24, 2.45) is 5.73 Å². The van der Waals surface area contributed by atoms with E-state index in [2.05, 4.69) is 0 Å². The van der Waals surface area contributed by atoms with Crippen LogP contribution in [-0.4, -0.2) is 13.0 Å². The van der Waals surface area contributed by atoms with Crippen LogP contribution >= 0.6 is 0 Å². The summed E-state index contributed by atoms with van der Waals surface area (Å²) in [6.07, 6.45) is 0.712. The van der Waals surface area contributed by atoms with E-state index in [9.17, 15) is 4.79 Å². The molecule has 2 aromatic rings. The summed E-state index contributed by atoms with van der Waals surface area (Å²) in [7, 11) is 1.66. The zero-order valence-electron chi connectivity index (χ0n) is 11.8. The number of amides is 1. The maximum absolute atomic E-state index is 11.4. The fourth-order valence-electron chi connectivity index (χ4n) is 2.38. The molecule has 104 valence electrons. The monoisotopic (exact) mass is 269 g/mol. The fraction of sp³-hybridized carbons (Fsp3) is 0.235. The van der Waals surface area contributed by atoms with Gasteiger partial charge in [0.15, 0.2) is 0 Å². The van der Waals surface area contributed by atoms with Crippen molar-refractivity contribution < 1.29 is 9.53 Å². The van der Waals surface area contributed by atoms with Crippen LogP contribution in [-0.2, 0) is 4.79 Å². The van der Waals surface area contributed by atoms with Crippen molar-refractivity contribution in [2.75, 3.05) is 7.11 Å². The molecule has 2 N–H and O–H groups in total.